The highest BCUT2D eigenvalue weighted by Crippen LogP contribution is 2.41. The van der Waals surface area contributed by atoms with Gasteiger partial charge in [-0.25, -0.2) is 9.97 Å². The summed E-state index contributed by atoms with van der Waals surface area (Å²) in [5.74, 6) is 0. The van der Waals surface area contributed by atoms with Gasteiger partial charge in [0.05, 0.1) is 17.3 Å². The molecule has 178 valence electrons. The molecule has 0 spiro atoms. The number of aromatic nitrogens is 2. The normalized spacial score (nSPS) is 11.6. The van der Waals surface area contributed by atoms with Gasteiger partial charge in [0.25, 0.3) is 0 Å². The predicted octanol–water partition coefficient (Wildman–Crippen LogP) is 8.55. The molecule has 4 nitrogen and oxygen atoms in total. The zero-order valence-corrected chi connectivity index (χ0v) is 21.0. The molecule has 0 unspecified atom stereocenters. The van der Waals surface area contributed by atoms with Crippen LogP contribution >= 0.6 is 0 Å². The van der Waals surface area contributed by atoms with Crippen LogP contribution in [0.1, 0.15) is 32.0 Å². The van der Waals surface area contributed by atoms with Crippen LogP contribution in [0.4, 0.5) is 0 Å². The predicted molar refractivity (Wildman–Crippen MR) is 149 cm³/mol. The molecule has 0 saturated carbocycles. The zero-order chi connectivity index (χ0) is 25.6. The number of hydrogen-bond donors (Lipinski definition) is 0. The van der Waals surface area contributed by atoms with E-state index in [0.29, 0.717) is 11.1 Å². The fourth-order valence-corrected chi connectivity index (χ4v) is 4.82. The summed E-state index contributed by atoms with van der Waals surface area (Å²) in [6, 6.07) is 32.9. The van der Waals surface area contributed by atoms with Crippen LogP contribution in [-0.4, -0.2) is 9.97 Å². The van der Waals surface area contributed by atoms with Crippen molar-refractivity contribution < 1.29 is 4.42 Å². The van der Waals surface area contributed by atoms with Crippen LogP contribution in [0.5, 0.6) is 0 Å². The third kappa shape index (κ3) is 3.95. The Morgan fingerprint density at radius 3 is 2.14 bits per heavy atom. The molecule has 0 amide bonds. The van der Waals surface area contributed by atoms with Gasteiger partial charge in [-0.3, -0.25) is 0 Å². The summed E-state index contributed by atoms with van der Waals surface area (Å²) < 4.78 is 6.59. The van der Waals surface area contributed by atoms with Gasteiger partial charge < -0.3 is 4.42 Å². The fourth-order valence-electron chi connectivity index (χ4n) is 4.82. The molecule has 6 aromatic rings. The molecule has 37 heavy (non-hydrogen) atoms. The van der Waals surface area contributed by atoms with E-state index in [-0.39, 0.29) is 5.41 Å². The van der Waals surface area contributed by atoms with E-state index in [0.717, 1.165) is 55.6 Å². The Bertz CT molecular complexity index is 1800. The van der Waals surface area contributed by atoms with Crippen LogP contribution in [-0.2, 0) is 5.41 Å². The first kappa shape index (κ1) is 22.7. The van der Waals surface area contributed by atoms with E-state index in [1.54, 1.807) is 6.33 Å². The summed E-state index contributed by atoms with van der Waals surface area (Å²) in [7, 11) is 0. The van der Waals surface area contributed by atoms with Crippen LogP contribution in [0.3, 0.4) is 0 Å². The molecule has 0 radical (unpaired) electrons. The van der Waals surface area contributed by atoms with Gasteiger partial charge >= 0.3 is 0 Å². The van der Waals surface area contributed by atoms with Crippen molar-refractivity contribution in [1.29, 1.82) is 5.26 Å². The summed E-state index contributed by atoms with van der Waals surface area (Å²) in [4.78, 5) is 9.06. The Morgan fingerprint density at radius 2 is 1.41 bits per heavy atom. The van der Waals surface area contributed by atoms with E-state index in [1.807, 2.05) is 48.5 Å². The highest BCUT2D eigenvalue weighted by Gasteiger charge is 2.21. The average molecular weight is 480 g/mol. The monoisotopic (exact) mass is 479 g/mol. The second-order valence-corrected chi connectivity index (χ2v) is 10.2. The number of hydrogen-bond acceptors (Lipinski definition) is 4. The molecular formula is C33H25N3O. The van der Waals surface area contributed by atoms with Crippen LogP contribution in [0.2, 0.25) is 0 Å². The molecule has 0 N–H and O–H groups in total. The first-order chi connectivity index (χ1) is 17.9. The third-order valence-electron chi connectivity index (χ3n) is 6.78. The molecular weight excluding hydrogens is 454 g/mol. The highest BCUT2D eigenvalue weighted by molar-refractivity contribution is 6.13. The van der Waals surface area contributed by atoms with Gasteiger partial charge in [0, 0.05) is 33.0 Å². The lowest BCUT2D eigenvalue weighted by Crippen LogP contribution is -2.13. The third-order valence-corrected chi connectivity index (χ3v) is 6.78. The van der Waals surface area contributed by atoms with Gasteiger partial charge in [0.1, 0.15) is 17.5 Å². The number of rotatable bonds is 3. The Labute approximate surface area is 215 Å². The lowest BCUT2D eigenvalue weighted by molar-refractivity contribution is 0.567. The van der Waals surface area contributed by atoms with Crippen LogP contribution in [0, 0.1) is 11.3 Å². The fraction of sp³-hybridized carbons (Fsp3) is 0.121. The zero-order valence-electron chi connectivity index (χ0n) is 21.0. The average Bonchev–Trinajstić information content (AvgIpc) is 3.31. The SMILES string of the molecule is CC(C)(C)c1cc(-c2cccc3c2oc2c(-c4ccc(-c5ccccc5)cc4)c(C#N)ccc23)ncn1. The molecule has 0 aliphatic heterocycles. The smallest absolute Gasteiger partial charge is 0.144 e. The second kappa shape index (κ2) is 8.72. The minimum atomic E-state index is -0.0970. The number of benzene rings is 4. The first-order valence-corrected chi connectivity index (χ1v) is 12.3. The Balaban J connectivity index is 1.55. The minimum Gasteiger partial charge on any atom is -0.455 e. The van der Waals surface area contributed by atoms with Crippen molar-refractivity contribution in [2.24, 2.45) is 0 Å². The van der Waals surface area contributed by atoms with Crippen LogP contribution < -0.4 is 0 Å². The van der Waals surface area contributed by atoms with Crippen molar-refractivity contribution in [3.63, 3.8) is 0 Å². The van der Waals surface area contributed by atoms with Crippen molar-refractivity contribution in [2.75, 3.05) is 0 Å². The highest BCUT2D eigenvalue weighted by atomic mass is 16.3. The maximum absolute atomic E-state index is 9.98. The molecule has 0 fully saturated rings. The molecule has 0 atom stereocenters. The molecule has 0 aliphatic carbocycles. The number of para-hydroxylation sites is 1. The maximum Gasteiger partial charge on any atom is 0.144 e. The number of furan rings is 1. The van der Waals surface area contributed by atoms with Crippen LogP contribution in [0.15, 0.2) is 102 Å². The molecule has 4 aromatic carbocycles. The number of fused-ring (bicyclic) bond motifs is 3. The van der Waals surface area contributed by atoms with E-state index in [2.05, 4.69) is 79.3 Å². The lowest BCUT2D eigenvalue weighted by atomic mass is 9.91. The topological polar surface area (TPSA) is 62.7 Å². The Kier molecular flexibility index (Phi) is 5.35. The van der Waals surface area contributed by atoms with E-state index >= 15 is 0 Å². The van der Waals surface area contributed by atoms with Crippen molar-refractivity contribution in [3.8, 4) is 39.6 Å². The molecule has 0 aliphatic rings. The van der Waals surface area contributed by atoms with E-state index < -0.39 is 0 Å². The molecule has 2 heterocycles. The number of nitrogens with zero attached hydrogens (tertiary/aromatic N) is 3. The van der Waals surface area contributed by atoms with E-state index in [9.17, 15) is 5.26 Å². The van der Waals surface area contributed by atoms with Gasteiger partial charge in [-0.2, -0.15) is 5.26 Å². The second-order valence-electron chi connectivity index (χ2n) is 10.2. The van der Waals surface area contributed by atoms with Gasteiger partial charge in [-0.15, -0.1) is 0 Å². The summed E-state index contributed by atoms with van der Waals surface area (Å²) >= 11 is 0. The Hall–Kier alpha value is -4.75. The van der Waals surface area contributed by atoms with Crippen molar-refractivity contribution in [2.45, 2.75) is 26.2 Å². The van der Waals surface area contributed by atoms with Crippen molar-refractivity contribution in [3.05, 3.63) is 109 Å². The van der Waals surface area contributed by atoms with Gasteiger partial charge in [-0.05, 0) is 41.0 Å². The molecule has 2 aromatic heterocycles. The van der Waals surface area contributed by atoms with Gasteiger partial charge in [0.15, 0.2) is 0 Å². The standard InChI is InChI=1S/C33H25N3O/c1-33(2,3)29-18-28(35-20-36-29)27-11-7-10-25-26-17-16-24(19-34)30(32(26)37-31(25)27)23-14-12-22(13-15-23)21-8-5-4-6-9-21/h4-18,20H,1-3H3. The largest absolute Gasteiger partial charge is 0.455 e. The van der Waals surface area contributed by atoms with Crippen molar-refractivity contribution in [1.82, 2.24) is 9.97 Å². The summed E-state index contributed by atoms with van der Waals surface area (Å²) in [6.45, 7) is 6.42. The maximum atomic E-state index is 9.98. The quantitative estimate of drug-likeness (QED) is 0.255. The summed E-state index contributed by atoms with van der Waals surface area (Å²) in [6.07, 6.45) is 1.62. The van der Waals surface area contributed by atoms with Crippen molar-refractivity contribution >= 4 is 21.9 Å². The molecule has 4 heteroatoms. The van der Waals surface area contributed by atoms with Crippen LogP contribution in [0.25, 0.3) is 55.4 Å². The van der Waals surface area contributed by atoms with Gasteiger partial charge in [-0.1, -0.05) is 87.5 Å². The number of nitriles is 1. The van der Waals surface area contributed by atoms with E-state index in [1.165, 1.54) is 0 Å². The molecule has 0 saturated heterocycles. The first-order valence-electron chi connectivity index (χ1n) is 12.3. The Morgan fingerprint density at radius 1 is 0.703 bits per heavy atom. The molecule has 6 rings (SSSR count). The van der Waals surface area contributed by atoms with E-state index in [4.69, 9.17) is 4.42 Å². The minimum absolute atomic E-state index is 0.0970. The lowest BCUT2D eigenvalue weighted by Gasteiger charge is -2.17. The molecule has 0 bridgehead atoms. The summed E-state index contributed by atoms with van der Waals surface area (Å²) in [5, 5.41) is 11.9. The summed E-state index contributed by atoms with van der Waals surface area (Å²) in [5.41, 5.74) is 8.67. The van der Waals surface area contributed by atoms with Gasteiger partial charge in [0.2, 0.25) is 0 Å².